The van der Waals surface area contributed by atoms with Crippen LogP contribution in [0.5, 0.6) is 0 Å². The van der Waals surface area contributed by atoms with E-state index >= 15 is 0 Å². The lowest BCUT2D eigenvalue weighted by atomic mass is 9.83. The first kappa shape index (κ1) is 11.0. The summed E-state index contributed by atoms with van der Waals surface area (Å²) in [6.07, 6.45) is -4.69. The Balaban J connectivity index is 2.80. The molecule has 0 bridgehead atoms. The summed E-state index contributed by atoms with van der Waals surface area (Å²) in [5, 5.41) is 17.5. The van der Waals surface area contributed by atoms with Crippen molar-refractivity contribution in [3.8, 4) is 0 Å². The molecule has 1 aromatic heterocycles. The molecule has 2 aromatic rings. The summed E-state index contributed by atoms with van der Waals surface area (Å²) in [6, 6.07) is 5.46. The maximum Gasteiger partial charge on any atom is 0.527 e. The highest BCUT2D eigenvalue weighted by molar-refractivity contribution is 6.58. The van der Waals surface area contributed by atoms with Crippen LogP contribution in [0.4, 0.5) is 13.2 Å². The number of furan rings is 1. The molecule has 16 heavy (non-hydrogen) atoms. The Kier molecular flexibility index (Phi) is 2.44. The van der Waals surface area contributed by atoms with Crippen LogP contribution >= 0.6 is 0 Å². The molecule has 0 aliphatic rings. The number of benzene rings is 1. The minimum absolute atomic E-state index is 0.0297. The Labute approximate surface area is 88.3 Å². The van der Waals surface area contributed by atoms with Gasteiger partial charge in [-0.1, -0.05) is 18.2 Å². The number of hydrogen-bond acceptors (Lipinski definition) is 3. The Bertz CT molecular complexity index is 518. The van der Waals surface area contributed by atoms with Gasteiger partial charge in [-0.3, -0.25) is 0 Å². The van der Waals surface area contributed by atoms with Gasteiger partial charge in [0.1, 0.15) is 16.8 Å². The standard InChI is InChI=1S/C9H6BF3O3/c11-9(12,13)7-5-3-1-2-4-6(5)16-8(7)10(14)15/h1-4,14-15H. The highest BCUT2D eigenvalue weighted by Gasteiger charge is 2.41. The van der Waals surface area contributed by atoms with Crippen LogP contribution in [0.3, 0.4) is 0 Å². The van der Waals surface area contributed by atoms with Crippen molar-refractivity contribution in [1.82, 2.24) is 0 Å². The first-order valence-electron chi connectivity index (χ1n) is 4.36. The van der Waals surface area contributed by atoms with Crippen LogP contribution in [-0.2, 0) is 6.18 Å². The van der Waals surface area contributed by atoms with E-state index in [2.05, 4.69) is 0 Å². The Morgan fingerprint density at radius 2 is 1.75 bits per heavy atom. The zero-order valence-electron chi connectivity index (χ0n) is 7.82. The minimum atomic E-state index is -4.69. The molecule has 0 radical (unpaired) electrons. The average molecular weight is 230 g/mol. The van der Waals surface area contributed by atoms with Crippen molar-refractivity contribution in [2.24, 2.45) is 0 Å². The van der Waals surface area contributed by atoms with Gasteiger partial charge >= 0.3 is 13.3 Å². The minimum Gasteiger partial charge on any atom is -0.464 e. The molecule has 0 atom stereocenters. The molecular formula is C9H6BF3O3. The van der Waals surface area contributed by atoms with E-state index in [0.717, 1.165) is 0 Å². The number of fused-ring (bicyclic) bond motifs is 1. The maximum absolute atomic E-state index is 12.7. The molecule has 0 aliphatic heterocycles. The van der Waals surface area contributed by atoms with Crippen LogP contribution in [-0.4, -0.2) is 17.2 Å². The summed E-state index contributed by atoms with van der Waals surface area (Å²) in [7, 11) is -2.29. The first-order chi connectivity index (χ1) is 7.41. The Morgan fingerprint density at radius 3 is 2.31 bits per heavy atom. The lowest BCUT2D eigenvalue weighted by Crippen LogP contribution is -2.34. The normalized spacial score (nSPS) is 12.1. The van der Waals surface area contributed by atoms with E-state index in [9.17, 15) is 13.2 Å². The lowest BCUT2D eigenvalue weighted by Gasteiger charge is -2.06. The van der Waals surface area contributed by atoms with Gasteiger partial charge in [0.15, 0.2) is 0 Å². The SMILES string of the molecule is OB(O)c1oc2ccccc2c1C(F)(F)F. The van der Waals surface area contributed by atoms with Crippen molar-refractivity contribution < 1.29 is 27.6 Å². The summed E-state index contributed by atoms with van der Waals surface area (Å²) < 4.78 is 42.8. The number of para-hydroxylation sites is 1. The van der Waals surface area contributed by atoms with Crippen LogP contribution in [0.1, 0.15) is 5.56 Å². The number of halogens is 3. The van der Waals surface area contributed by atoms with Crippen LogP contribution in [0, 0.1) is 0 Å². The first-order valence-corrected chi connectivity index (χ1v) is 4.36. The van der Waals surface area contributed by atoms with Gasteiger partial charge in [0.25, 0.3) is 0 Å². The van der Waals surface area contributed by atoms with Crippen molar-refractivity contribution in [2.45, 2.75) is 6.18 Å². The van der Waals surface area contributed by atoms with Crippen LogP contribution in [0.25, 0.3) is 11.0 Å². The molecule has 2 rings (SSSR count). The summed E-state index contributed by atoms with van der Waals surface area (Å²) in [5.41, 5.74) is -2.05. The van der Waals surface area contributed by atoms with Crippen molar-refractivity contribution in [3.05, 3.63) is 29.8 Å². The lowest BCUT2D eigenvalue weighted by molar-refractivity contribution is -0.135. The van der Waals surface area contributed by atoms with Gasteiger partial charge in [-0.05, 0) is 6.07 Å². The van der Waals surface area contributed by atoms with Crippen molar-refractivity contribution in [3.63, 3.8) is 0 Å². The summed E-state index contributed by atoms with van der Waals surface area (Å²) in [4.78, 5) is 0. The van der Waals surface area contributed by atoms with Gasteiger partial charge in [-0.25, -0.2) is 0 Å². The predicted octanol–water partition coefficient (Wildman–Crippen LogP) is 1.13. The average Bonchev–Trinajstić information content (AvgIpc) is 2.55. The van der Waals surface area contributed by atoms with Crippen molar-refractivity contribution in [1.29, 1.82) is 0 Å². The number of alkyl halides is 3. The molecule has 0 aliphatic carbocycles. The van der Waals surface area contributed by atoms with Gasteiger partial charge in [0.05, 0.1) is 0 Å². The molecule has 7 heteroatoms. The smallest absolute Gasteiger partial charge is 0.464 e. The second kappa shape index (κ2) is 3.53. The Morgan fingerprint density at radius 1 is 1.12 bits per heavy atom. The third-order valence-electron chi connectivity index (χ3n) is 2.14. The summed E-state index contributed by atoms with van der Waals surface area (Å²) >= 11 is 0. The van der Waals surface area contributed by atoms with Crippen LogP contribution in [0.2, 0.25) is 0 Å². The van der Waals surface area contributed by atoms with E-state index in [1.807, 2.05) is 0 Å². The molecular weight excluding hydrogens is 224 g/mol. The molecule has 1 heterocycles. The highest BCUT2D eigenvalue weighted by Crippen LogP contribution is 2.34. The largest absolute Gasteiger partial charge is 0.527 e. The van der Waals surface area contributed by atoms with Gasteiger partial charge in [0.2, 0.25) is 0 Å². The van der Waals surface area contributed by atoms with Crippen molar-refractivity contribution >= 4 is 23.7 Å². The zero-order chi connectivity index (χ0) is 11.9. The number of hydrogen-bond donors (Lipinski definition) is 2. The van der Waals surface area contributed by atoms with Gasteiger partial charge in [-0.2, -0.15) is 13.2 Å². The molecule has 84 valence electrons. The monoisotopic (exact) mass is 230 g/mol. The molecule has 0 saturated heterocycles. The third-order valence-corrected chi connectivity index (χ3v) is 2.14. The van der Waals surface area contributed by atoms with E-state index in [4.69, 9.17) is 14.5 Å². The van der Waals surface area contributed by atoms with E-state index in [1.54, 1.807) is 0 Å². The maximum atomic E-state index is 12.7. The van der Waals surface area contributed by atoms with E-state index in [0.29, 0.717) is 0 Å². The van der Waals surface area contributed by atoms with Gasteiger partial charge in [0, 0.05) is 5.39 Å². The molecule has 0 amide bonds. The topological polar surface area (TPSA) is 53.6 Å². The van der Waals surface area contributed by atoms with Gasteiger partial charge < -0.3 is 14.5 Å². The third kappa shape index (κ3) is 1.68. The quantitative estimate of drug-likeness (QED) is 0.722. The molecule has 1 aromatic carbocycles. The van der Waals surface area contributed by atoms with Crippen LogP contribution < -0.4 is 5.66 Å². The van der Waals surface area contributed by atoms with E-state index in [-0.39, 0.29) is 11.0 Å². The fourth-order valence-corrected chi connectivity index (χ4v) is 1.54. The summed E-state index contributed by atoms with van der Waals surface area (Å²) in [6.45, 7) is 0. The molecule has 2 N–H and O–H groups in total. The zero-order valence-corrected chi connectivity index (χ0v) is 7.82. The molecule has 0 saturated carbocycles. The Hall–Kier alpha value is -1.47. The molecule has 0 spiro atoms. The van der Waals surface area contributed by atoms with Crippen LogP contribution in [0.15, 0.2) is 28.7 Å². The fourth-order valence-electron chi connectivity index (χ4n) is 1.54. The van der Waals surface area contributed by atoms with Crippen molar-refractivity contribution in [2.75, 3.05) is 0 Å². The second-order valence-electron chi connectivity index (χ2n) is 3.21. The molecule has 3 nitrogen and oxygen atoms in total. The van der Waals surface area contributed by atoms with E-state index in [1.165, 1.54) is 24.3 Å². The fraction of sp³-hybridized carbons (Fsp3) is 0.111. The number of rotatable bonds is 1. The molecule has 0 fully saturated rings. The predicted molar refractivity (Wildman–Crippen MR) is 51.0 cm³/mol. The highest BCUT2D eigenvalue weighted by atomic mass is 19.4. The van der Waals surface area contributed by atoms with E-state index < -0.39 is 24.5 Å². The second-order valence-corrected chi connectivity index (χ2v) is 3.21. The van der Waals surface area contributed by atoms with Gasteiger partial charge in [-0.15, -0.1) is 0 Å². The summed E-state index contributed by atoms with van der Waals surface area (Å²) in [5.74, 6) is 0. The molecule has 0 unspecified atom stereocenters.